The molecule has 7 rings (SSSR count). The average molecular weight is 1150 g/mol. The van der Waals surface area contributed by atoms with Crippen LogP contribution in [0.5, 0.6) is 11.5 Å². The molecule has 3 heterocycles. The molecule has 0 radical (unpaired) electrons. The van der Waals surface area contributed by atoms with Crippen LogP contribution in [-0.4, -0.2) is 196 Å². The Bertz CT molecular complexity index is 3450. The third-order valence-corrected chi connectivity index (χ3v) is 14.3. The highest BCUT2D eigenvalue weighted by atomic mass is 16.5. The summed E-state index contributed by atoms with van der Waals surface area (Å²) in [5, 5.41) is 111. The minimum absolute atomic E-state index is 0.112. The molecule has 4 aromatic rings. The molecule has 14 N–H and O–H groups in total. The number of benzene rings is 4. The highest BCUT2D eigenvalue weighted by Crippen LogP contribution is 2.30. The summed E-state index contributed by atoms with van der Waals surface area (Å²) in [6.07, 6.45) is -29.2. The van der Waals surface area contributed by atoms with E-state index >= 15 is 0 Å². The van der Waals surface area contributed by atoms with Gasteiger partial charge in [0.2, 0.25) is 35.4 Å². The normalized spacial score (nSPS) is 30.5. The van der Waals surface area contributed by atoms with E-state index < -0.39 is 203 Å². The molecular weight excluding hydrogens is 1070 g/mol. The predicted molar refractivity (Wildman–Crippen MR) is 293 cm³/mol. The molecule has 0 bridgehead atoms. The van der Waals surface area contributed by atoms with Crippen LogP contribution in [0, 0.1) is 5.92 Å². The summed E-state index contributed by atoms with van der Waals surface area (Å²) in [4.78, 5) is 102. The number of nitrogens with one attached hydrogen (secondary N) is 5. The fraction of sp³-hybridized carbons (Fsp3) is 0.466. The molecule has 3 fully saturated rings. The number of aromatic hydroxyl groups is 1. The van der Waals surface area contributed by atoms with E-state index in [1.807, 2.05) is 0 Å². The Morgan fingerprint density at radius 3 is 1.85 bits per heavy atom. The number of amides is 7. The Hall–Kier alpha value is -7.55. The third-order valence-electron chi connectivity index (χ3n) is 14.3. The first kappa shape index (κ1) is 47.0. The van der Waals surface area contributed by atoms with E-state index in [1.165, 1.54) is 43.3 Å². The molecule has 3 aliphatic rings. The maximum absolute atomic E-state index is 14.5. The molecule has 0 aliphatic carbocycles. The van der Waals surface area contributed by atoms with E-state index in [2.05, 4.69) is 26.6 Å². The van der Waals surface area contributed by atoms with E-state index in [-0.39, 0.29) is 16.9 Å². The molecule has 0 spiro atoms. The van der Waals surface area contributed by atoms with Crippen LogP contribution in [0.15, 0.2) is 97.0 Å². The number of phenols is 1. The van der Waals surface area contributed by atoms with Gasteiger partial charge in [0.05, 0.1) is 35.1 Å². The van der Waals surface area contributed by atoms with Crippen molar-refractivity contribution in [2.45, 2.75) is 145 Å². The van der Waals surface area contributed by atoms with Gasteiger partial charge in [-0.3, -0.25) is 33.6 Å². The smallest absolute Gasteiger partial charge is 0.251 e. The van der Waals surface area contributed by atoms with Gasteiger partial charge in [0.1, 0.15) is 66.1 Å². The Morgan fingerprint density at radius 2 is 1.26 bits per heavy atom. The minimum Gasteiger partial charge on any atom is -0.508 e. The third kappa shape index (κ3) is 14.7. The van der Waals surface area contributed by atoms with Crippen molar-refractivity contribution in [3.63, 3.8) is 0 Å². The second kappa shape index (κ2) is 27.5. The zero-order valence-electron chi connectivity index (χ0n) is 56.3. The van der Waals surface area contributed by atoms with Crippen molar-refractivity contribution in [3.8, 4) is 33.8 Å². The van der Waals surface area contributed by atoms with Gasteiger partial charge >= 0.3 is 0 Å². The van der Waals surface area contributed by atoms with Crippen LogP contribution in [0.1, 0.15) is 98.1 Å². The van der Waals surface area contributed by atoms with Crippen molar-refractivity contribution in [2.75, 3.05) is 19.6 Å². The van der Waals surface area contributed by atoms with Crippen LogP contribution in [0.25, 0.3) is 22.3 Å². The lowest BCUT2D eigenvalue weighted by Crippen LogP contribution is -2.64. The van der Waals surface area contributed by atoms with Gasteiger partial charge in [0, 0.05) is 49.7 Å². The minimum atomic E-state index is -3.98. The molecule has 3 saturated heterocycles. The Balaban J connectivity index is 1.15. The summed E-state index contributed by atoms with van der Waals surface area (Å²) in [6, 6.07) is 7.73. The molecule has 15 atom stereocenters. The molecule has 4 aromatic carbocycles. The molecule has 0 aromatic heterocycles. The van der Waals surface area contributed by atoms with Gasteiger partial charge in [-0.15, -0.1) is 0 Å². The van der Waals surface area contributed by atoms with Crippen LogP contribution in [0.4, 0.5) is 0 Å². The Kier molecular flexibility index (Phi) is 15.7. The maximum atomic E-state index is 14.5. The molecule has 82 heavy (non-hydrogen) atoms. The average Bonchev–Trinajstić information content (AvgIpc) is 1.39. The van der Waals surface area contributed by atoms with Crippen molar-refractivity contribution >= 4 is 41.4 Å². The fourth-order valence-corrected chi connectivity index (χ4v) is 9.73. The van der Waals surface area contributed by atoms with Gasteiger partial charge in [-0.1, -0.05) is 87.2 Å². The molecule has 442 valence electrons. The van der Waals surface area contributed by atoms with E-state index in [1.54, 1.807) is 24.3 Å². The number of nitrogens with zero attached hydrogens (tertiary/aromatic N) is 2. The Labute approximate surface area is 490 Å². The number of carbonyl (C=O) groups excluding carboxylic acids is 7. The number of hydrogen-bond acceptors (Lipinski definition) is 17. The lowest BCUT2D eigenvalue weighted by atomic mass is 9.96. The van der Waals surface area contributed by atoms with Crippen LogP contribution >= 0.6 is 0 Å². The first-order chi connectivity index (χ1) is 43.5. The fourth-order valence-electron chi connectivity index (χ4n) is 9.73. The monoisotopic (exact) mass is 1150 g/mol. The molecular formula is C58H73N7O17. The second-order valence-electron chi connectivity index (χ2n) is 20.2. The van der Waals surface area contributed by atoms with Gasteiger partial charge < -0.3 is 87.1 Å². The number of aliphatic hydroxyl groups is 8. The molecule has 24 nitrogen and oxygen atoms in total. The SMILES string of the molecule is [2H]c1cc(-c2ccc(-c3ccc(C(=O)N[C@H]4C[C@@H](O)[C@@H](O)NC(=O)[C@@H]5[C@@H](O)[C@@H](C)CN5C(=O)[C@H]([C@@H](C)O)NC(=O)[C@H]([C@H](O)[C@@H](O)c5ccc(O)cc5)NC(=O)[C@@H]5C[C@@H](O)CN5C(=O)[C@H]([C@@H](C)O)NC4=O)cc3)cc2)ccc1OC([2H])([2H])C([2H])([2H])C([2H])([2H])C([2H])([2H])C([2H])([2H])[2H]. The van der Waals surface area contributed by atoms with E-state index in [0.29, 0.717) is 22.3 Å². The molecule has 7 amide bonds. The summed E-state index contributed by atoms with van der Waals surface area (Å²) >= 11 is 0. The molecule has 3 aliphatic heterocycles. The van der Waals surface area contributed by atoms with Gasteiger partial charge in [0.15, 0.2) is 6.23 Å². The number of rotatable bonds is 14. The largest absolute Gasteiger partial charge is 0.508 e. The van der Waals surface area contributed by atoms with Crippen LogP contribution in [-0.2, 0) is 28.8 Å². The first-order valence-electron chi connectivity index (χ1n) is 31.9. The van der Waals surface area contributed by atoms with Crippen molar-refractivity contribution in [1.82, 2.24) is 36.4 Å². The van der Waals surface area contributed by atoms with E-state index in [4.69, 9.17) is 21.2 Å². The summed E-state index contributed by atoms with van der Waals surface area (Å²) in [5.41, 5.74) is 1.64. The number of hydrogen-bond donors (Lipinski definition) is 14. The topological polar surface area (TPSA) is 377 Å². The summed E-state index contributed by atoms with van der Waals surface area (Å²) < 4.78 is 100. The molecule has 0 saturated carbocycles. The molecule has 0 unspecified atom stereocenters. The van der Waals surface area contributed by atoms with Crippen molar-refractivity contribution < 1.29 is 101 Å². The van der Waals surface area contributed by atoms with Crippen LogP contribution in [0.3, 0.4) is 0 Å². The first-order valence-corrected chi connectivity index (χ1v) is 25.9. The summed E-state index contributed by atoms with van der Waals surface area (Å²) in [5.74, 6) is -10.6. The summed E-state index contributed by atoms with van der Waals surface area (Å²) in [7, 11) is 0. The highest BCUT2D eigenvalue weighted by molar-refractivity contribution is 6.00. The van der Waals surface area contributed by atoms with E-state index in [0.717, 1.165) is 54.0 Å². The number of aliphatic hydroxyl groups excluding tert-OH is 8. The van der Waals surface area contributed by atoms with Crippen LogP contribution < -0.4 is 31.3 Å². The van der Waals surface area contributed by atoms with Crippen molar-refractivity contribution in [1.29, 1.82) is 0 Å². The quantitative estimate of drug-likeness (QED) is 0.0726. The summed E-state index contributed by atoms with van der Waals surface area (Å²) in [6.45, 7) is -4.97. The zero-order valence-corrected chi connectivity index (χ0v) is 44.3. The molecule has 24 heteroatoms. The van der Waals surface area contributed by atoms with Gasteiger partial charge in [-0.05, 0) is 84.4 Å². The van der Waals surface area contributed by atoms with Gasteiger partial charge in [-0.25, -0.2) is 0 Å². The number of phenolic OH excluding ortho intramolecular Hbond substituents is 1. The van der Waals surface area contributed by atoms with Gasteiger partial charge in [0.25, 0.3) is 5.91 Å². The maximum Gasteiger partial charge on any atom is 0.251 e. The van der Waals surface area contributed by atoms with Crippen molar-refractivity contribution in [3.05, 3.63) is 108 Å². The highest BCUT2D eigenvalue weighted by Gasteiger charge is 2.50. The van der Waals surface area contributed by atoms with E-state index in [9.17, 15) is 79.5 Å². The lowest BCUT2D eigenvalue weighted by molar-refractivity contribution is -0.148. The number of fused-ring (bicyclic) bond motifs is 2. The standard InChI is InChI=1S/C58H73N7O17/c1-5-6-7-24-82-40-22-18-35(19-23-40)33-10-8-32(9-11-33)34-12-14-37(15-13-34)51(74)59-41-26-43(70)54(77)63-56(79)47-48(71)29(2)27-65(47)58(81)45(31(4)67)61-55(78)46(50(73)49(72)36-16-20-38(68)21-17-36)62-53(76)42-25-39(69)28-64(42)57(80)44(30(3)66)60-52(41)75/h8-23,29-31,39,41-50,54,66-73,77H,5-7,24-28H2,1-4H3,(H,59,74)(H,60,75)(H,61,78)(H,62,76)(H,63,79)/t29-,30+,31+,39+,41-,42-,43+,44-,45-,46-,47-,48-,49-,50-,54+/m0/s1/i1D3,5D2,6D2,7D2,22D,24D2. The Morgan fingerprint density at radius 1 is 0.695 bits per heavy atom. The lowest BCUT2D eigenvalue weighted by Gasteiger charge is -2.34. The second-order valence-corrected chi connectivity index (χ2v) is 20.2. The van der Waals surface area contributed by atoms with Crippen LogP contribution in [0.2, 0.25) is 0 Å². The zero-order chi connectivity index (χ0) is 70.2. The number of ether oxygens (including phenoxy) is 1. The predicted octanol–water partition coefficient (Wildman–Crippen LogP) is -0.927. The van der Waals surface area contributed by atoms with Gasteiger partial charge in [-0.2, -0.15) is 0 Å². The number of carbonyl (C=O) groups is 7. The van der Waals surface area contributed by atoms with Crippen molar-refractivity contribution in [2.24, 2.45) is 5.92 Å².